The average Bonchev–Trinajstić information content (AvgIpc) is 2.36. The molecule has 0 bridgehead atoms. The third-order valence-electron chi connectivity index (χ3n) is 3.20. The van der Waals surface area contributed by atoms with Gasteiger partial charge in [0.2, 0.25) is 0 Å². The summed E-state index contributed by atoms with van der Waals surface area (Å²) in [5.74, 6) is -1.19. The molecule has 0 fully saturated rings. The molecule has 0 radical (unpaired) electrons. The lowest BCUT2D eigenvalue weighted by Crippen LogP contribution is -2.45. The van der Waals surface area contributed by atoms with E-state index in [4.69, 9.17) is 0 Å². The minimum atomic E-state index is -0.964. The van der Waals surface area contributed by atoms with Crippen LogP contribution in [0.4, 0.5) is 10.1 Å². The molecular weight excluding hydrogens is 233 g/mol. The summed E-state index contributed by atoms with van der Waals surface area (Å²) >= 11 is 0. The molecule has 0 saturated carbocycles. The van der Waals surface area contributed by atoms with Gasteiger partial charge in [-0.05, 0) is 37.1 Å². The lowest BCUT2D eigenvalue weighted by molar-refractivity contribution is -0.142. The highest BCUT2D eigenvalue weighted by Gasteiger charge is 2.35. The zero-order chi connectivity index (χ0) is 13.6. The number of rotatable bonds is 7. The molecule has 1 rings (SSSR count). The second-order valence-electron chi connectivity index (χ2n) is 4.48. The van der Waals surface area contributed by atoms with Gasteiger partial charge in [0.15, 0.2) is 0 Å². The Morgan fingerprint density at radius 2 is 1.94 bits per heavy atom. The van der Waals surface area contributed by atoms with Gasteiger partial charge < -0.3 is 10.4 Å². The van der Waals surface area contributed by atoms with Crippen LogP contribution in [0, 0.1) is 5.82 Å². The van der Waals surface area contributed by atoms with Gasteiger partial charge in [0.25, 0.3) is 0 Å². The van der Waals surface area contributed by atoms with E-state index in [-0.39, 0.29) is 5.82 Å². The number of unbranched alkanes of at least 4 members (excludes halogenated alkanes) is 1. The molecular formula is C14H20FNO2. The molecule has 0 aliphatic carbocycles. The van der Waals surface area contributed by atoms with Crippen LogP contribution in [0.1, 0.15) is 39.5 Å². The lowest BCUT2D eigenvalue weighted by Gasteiger charge is -2.30. The highest BCUT2D eigenvalue weighted by molar-refractivity contribution is 5.82. The van der Waals surface area contributed by atoms with E-state index in [1.54, 1.807) is 12.1 Å². The van der Waals surface area contributed by atoms with Crippen molar-refractivity contribution < 1.29 is 14.3 Å². The minimum Gasteiger partial charge on any atom is -0.480 e. The molecule has 0 spiro atoms. The Bertz CT molecular complexity index is 391. The van der Waals surface area contributed by atoms with Crippen molar-refractivity contribution in [3.8, 4) is 0 Å². The number of nitrogens with one attached hydrogen (secondary N) is 1. The van der Waals surface area contributed by atoms with E-state index in [1.807, 2.05) is 13.8 Å². The van der Waals surface area contributed by atoms with Crippen LogP contribution in [0.2, 0.25) is 0 Å². The maximum atomic E-state index is 12.8. The normalized spacial score (nSPS) is 13.9. The Hall–Kier alpha value is -1.58. The van der Waals surface area contributed by atoms with Crippen LogP contribution in [-0.4, -0.2) is 16.6 Å². The Balaban J connectivity index is 2.89. The van der Waals surface area contributed by atoms with Crippen LogP contribution in [0.5, 0.6) is 0 Å². The number of hydrogen-bond donors (Lipinski definition) is 2. The maximum Gasteiger partial charge on any atom is 0.329 e. The number of hydrogen-bond acceptors (Lipinski definition) is 2. The van der Waals surface area contributed by atoms with Crippen molar-refractivity contribution in [2.75, 3.05) is 5.32 Å². The standard InChI is InChI=1S/C14H20FNO2/c1-3-5-10-14(4-2,13(17)18)16-12-8-6-11(15)7-9-12/h6-9,16H,3-5,10H2,1-2H3,(H,17,18). The Kier molecular flexibility index (Phi) is 5.13. The van der Waals surface area contributed by atoms with E-state index >= 15 is 0 Å². The molecule has 100 valence electrons. The number of carbonyl (C=O) groups is 1. The molecule has 0 saturated heterocycles. The van der Waals surface area contributed by atoms with Crippen LogP contribution in [0.3, 0.4) is 0 Å². The van der Waals surface area contributed by atoms with Crippen LogP contribution >= 0.6 is 0 Å². The predicted octanol–water partition coefficient (Wildman–Crippen LogP) is 3.66. The van der Waals surface area contributed by atoms with Crippen molar-refractivity contribution in [2.45, 2.75) is 45.1 Å². The smallest absolute Gasteiger partial charge is 0.329 e. The molecule has 0 aromatic heterocycles. The summed E-state index contributed by atoms with van der Waals surface area (Å²) in [6.45, 7) is 3.88. The predicted molar refractivity (Wildman–Crippen MR) is 70.2 cm³/mol. The van der Waals surface area contributed by atoms with Crippen LogP contribution in [0.25, 0.3) is 0 Å². The number of benzene rings is 1. The second kappa shape index (κ2) is 6.38. The second-order valence-corrected chi connectivity index (χ2v) is 4.48. The van der Waals surface area contributed by atoms with Crippen molar-refractivity contribution in [1.82, 2.24) is 0 Å². The van der Waals surface area contributed by atoms with E-state index < -0.39 is 11.5 Å². The van der Waals surface area contributed by atoms with Gasteiger partial charge in [0.05, 0.1) is 0 Å². The lowest BCUT2D eigenvalue weighted by atomic mass is 9.89. The third-order valence-corrected chi connectivity index (χ3v) is 3.20. The average molecular weight is 253 g/mol. The molecule has 0 heterocycles. The quantitative estimate of drug-likeness (QED) is 0.779. The Morgan fingerprint density at radius 3 is 2.39 bits per heavy atom. The molecule has 1 atom stereocenters. The molecule has 2 N–H and O–H groups in total. The summed E-state index contributed by atoms with van der Waals surface area (Å²) in [6, 6.07) is 5.78. The zero-order valence-electron chi connectivity index (χ0n) is 10.9. The van der Waals surface area contributed by atoms with E-state index in [1.165, 1.54) is 12.1 Å². The molecule has 0 aliphatic heterocycles. The first kappa shape index (κ1) is 14.5. The first-order valence-corrected chi connectivity index (χ1v) is 6.31. The number of halogens is 1. The Labute approximate surface area is 107 Å². The highest BCUT2D eigenvalue weighted by atomic mass is 19.1. The molecule has 0 amide bonds. The first-order chi connectivity index (χ1) is 8.54. The highest BCUT2D eigenvalue weighted by Crippen LogP contribution is 2.25. The summed E-state index contributed by atoms with van der Waals surface area (Å²) in [7, 11) is 0. The summed E-state index contributed by atoms with van der Waals surface area (Å²) < 4.78 is 12.8. The van der Waals surface area contributed by atoms with Crippen molar-refractivity contribution in [3.05, 3.63) is 30.1 Å². The van der Waals surface area contributed by atoms with E-state index in [0.717, 1.165) is 12.8 Å². The first-order valence-electron chi connectivity index (χ1n) is 6.31. The zero-order valence-corrected chi connectivity index (χ0v) is 10.9. The molecule has 1 unspecified atom stereocenters. The molecule has 3 nitrogen and oxygen atoms in total. The van der Waals surface area contributed by atoms with Crippen molar-refractivity contribution >= 4 is 11.7 Å². The van der Waals surface area contributed by atoms with Gasteiger partial charge in [0.1, 0.15) is 11.4 Å². The number of carboxylic acid groups (broad SMARTS) is 1. The van der Waals surface area contributed by atoms with Gasteiger partial charge in [-0.1, -0.05) is 26.7 Å². The van der Waals surface area contributed by atoms with Gasteiger partial charge in [-0.25, -0.2) is 9.18 Å². The summed E-state index contributed by atoms with van der Waals surface area (Å²) in [4.78, 5) is 11.5. The van der Waals surface area contributed by atoms with Crippen molar-refractivity contribution in [1.29, 1.82) is 0 Å². The van der Waals surface area contributed by atoms with E-state index in [0.29, 0.717) is 18.5 Å². The summed E-state index contributed by atoms with van der Waals surface area (Å²) in [5, 5.41) is 12.5. The van der Waals surface area contributed by atoms with Crippen molar-refractivity contribution in [3.63, 3.8) is 0 Å². The number of aliphatic carboxylic acids is 1. The van der Waals surface area contributed by atoms with Gasteiger partial charge in [0, 0.05) is 5.69 Å². The monoisotopic (exact) mass is 253 g/mol. The van der Waals surface area contributed by atoms with E-state index in [9.17, 15) is 14.3 Å². The topological polar surface area (TPSA) is 49.3 Å². The number of carboxylic acids is 1. The Morgan fingerprint density at radius 1 is 1.33 bits per heavy atom. The van der Waals surface area contributed by atoms with Gasteiger partial charge in [-0.2, -0.15) is 0 Å². The van der Waals surface area contributed by atoms with Crippen LogP contribution in [-0.2, 0) is 4.79 Å². The molecule has 1 aromatic carbocycles. The number of anilines is 1. The van der Waals surface area contributed by atoms with Crippen LogP contribution in [0.15, 0.2) is 24.3 Å². The van der Waals surface area contributed by atoms with E-state index in [2.05, 4.69) is 5.32 Å². The molecule has 0 aliphatic rings. The van der Waals surface area contributed by atoms with Crippen LogP contribution < -0.4 is 5.32 Å². The minimum absolute atomic E-state index is 0.327. The molecule has 18 heavy (non-hydrogen) atoms. The maximum absolute atomic E-state index is 12.8. The summed E-state index contributed by atoms with van der Waals surface area (Å²) in [6.07, 6.45) is 2.83. The fraction of sp³-hybridized carbons (Fsp3) is 0.500. The fourth-order valence-corrected chi connectivity index (χ4v) is 1.93. The van der Waals surface area contributed by atoms with Gasteiger partial charge >= 0.3 is 5.97 Å². The van der Waals surface area contributed by atoms with Gasteiger partial charge in [-0.15, -0.1) is 0 Å². The summed E-state index contributed by atoms with van der Waals surface area (Å²) in [5.41, 5.74) is -0.329. The largest absolute Gasteiger partial charge is 0.480 e. The SMILES string of the molecule is CCCCC(CC)(Nc1ccc(F)cc1)C(=O)O. The fourth-order valence-electron chi connectivity index (χ4n) is 1.93. The molecule has 4 heteroatoms. The van der Waals surface area contributed by atoms with Gasteiger partial charge in [-0.3, -0.25) is 0 Å². The third kappa shape index (κ3) is 3.45. The molecule has 1 aromatic rings. The van der Waals surface area contributed by atoms with Crippen molar-refractivity contribution in [2.24, 2.45) is 0 Å².